The standard InChI is InChI=1S/C7H9N/c1-6-3-2-4-7(8)5-6/h2,4-5H,1,3,8H2. The maximum absolute atomic E-state index is 5.44. The molecule has 0 atom stereocenters. The molecule has 0 unspecified atom stereocenters. The first-order chi connectivity index (χ1) is 3.79. The van der Waals surface area contributed by atoms with Crippen molar-refractivity contribution < 1.29 is 0 Å². The van der Waals surface area contributed by atoms with Gasteiger partial charge in [0.25, 0.3) is 0 Å². The van der Waals surface area contributed by atoms with Crippen LogP contribution in [0.4, 0.5) is 0 Å². The number of rotatable bonds is 0. The fourth-order valence-electron chi connectivity index (χ4n) is 0.689. The molecule has 42 valence electrons. The lowest BCUT2D eigenvalue weighted by atomic mass is 10.1. The summed E-state index contributed by atoms with van der Waals surface area (Å²) in [4.78, 5) is 0. The lowest BCUT2D eigenvalue weighted by Gasteiger charge is -2.01. The molecule has 8 heavy (non-hydrogen) atoms. The summed E-state index contributed by atoms with van der Waals surface area (Å²) in [5, 5.41) is 0. The predicted molar refractivity (Wildman–Crippen MR) is 35.2 cm³/mol. The number of nitrogens with two attached hydrogens (primary N) is 1. The van der Waals surface area contributed by atoms with Crippen molar-refractivity contribution in [3.05, 3.63) is 36.1 Å². The Balaban J connectivity index is 2.77. The molecular weight excluding hydrogens is 98.1 g/mol. The molecule has 0 radical (unpaired) electrons. The predicted octanol–water partition coefficient (Wildman–Crippen LogP) is 1.35. The van der Waals surface area contributed by atoms with Gasteiger partial charge in [-0.3, -0.25) is 0 Å². The van der Waals surface area contributed by atoms with Gasteiger partial charge in [-0.15, -0.1) is 0 Å². The molecule has 0 saturated heterocycles. The third-order valence-corrected chi connectivity index (χ3v) is 1.06. The Morgan fingerprint density at radius 3 is 2.75 bits per heavy atom. The molecule has 1 heteroatoms. The van der Waals surface area contributed by atoms with E-state index in [0.29, 0.717) is 0 Å². The first-order valence-electron chi connectivity index (χ1n) is 2.60. The van der Waals surface area contributed by atoms with Gasteiger partial charge in [0.1, 0.15) is 0 Å². The Labute approximate surface area is 49.2 Å². The smallest absolute Gasteiger partial charge is 0.0313 e. The van der Waals surface area contributed by atoms with Gasteiger partial charge in [0.15, 0.2) is 0 Å². The normalized spacial score (nSPS) is 18.5. The number of hydrogen-bond acceptors (Lipinski definition) is 1. The summed E-state index contributed by atoms with van der Waals surface area (Å²) in [7, 11) is 0. The summed E-state index contributed by atoms with van der Waals surface area (Å²) in [5.41, 5.74) is 7.33. The van der Waals surface area contributed by atoms with Gasteiger partial charge in [0.05, 0.1) is 0 Å². The monoisotopic (exact) mass is 107 g/mol. The van der Waals surface area contributed by atoms with Crippen molar-refractivity contribution in [3.63, 3.8) is 0 Å². The van der Waals surface area contributed by atoms with Crippen LogP contribution in [0.3, 0.4) is 0 Å². The Kier molecular flexibility index (Phi) is 1.20. The minimum absolute atomic E-state index is 0.807. The van der Waals surface area contributed by atoms with Gasteiger partial charge in [-0.1, -0.05) is 12.7 Å². The van der Waals surface area contributed by atoms with Crippen LogP contribution in [0.25, 0.3) is 0 Å². The third-order valence-electron chi connectivity index (χ3n) is 1.06. The van der Waals surface area contributed by atoms with E-state index >= 15 is 0 Å². The van der Waals surface area contributed by atoms with Crippen molar-refractivity contribution in [2.45, 2.75) is 6.42 Å². The second-order valence-corrected chi connectivity index (χ2v) is 1.91. The van der Waals surface area contributed by atoms with Crippen molar-refractivity contribution in [1.82, 2.24) is 0 Å². The minimum atomic E-state index is 0.807. The summed E-state index contributed by atoms with van der Waals surface area (Å²) < 4.78 is 0. The maximum Gasteiger partial charge on any atom is 0.0313 e. The van der Waals surface area contributed by atoms with Gasteiger partial charge in [-0.25, -0.2) is 0 Å². The Hall–Kier alpha value is -0.980. The SMILES string of the molecule is C=C1C=C(N)C=CC1. The van der Waals surface area contributed by atoms with E-state index in [2.05, 4.69) is 6.58 Å². The molecule has 0 bridgehead atoms. The molecule has 0 aliphatic heterocycles. The first kappa shape index (κ1) is 5.16. The first-order valence-corrected chi connectivity index (χ1v) is 2.60. The molecule has 0 saturated carbocycles. The maximum atomic E-state index is 5.44. The average Bonchev–Trinajstić information content (AvgIpc) is 1.64. The third kappa shape index (κ3) is 0.997. The van der Waals surface area contributed by atoms with Crippen LogP contribution < -0.4 is 5.73 Å². The molecular formula is C7H9N. The molecule has 2 N–H and O–H groups in total. The Morgan fingerprint density at radius 1 is 1.62 bits per heavy atom. The van der Waals surface area contributed by atoms with Gasteiger partial charge in [-0.05, 0) is 24.1 Å². The molecule has 1 aliphatic rings. The van der Waals surface area contributed by atoms with Crippen molar-refractivity contribution in [2.24, 2.45) is 5.73 Å². The molecule has 1 nitrogen and oxygen atoms in total. The van der Waals surface area contributed by atoms with Crippen LogP contribution in [0.2, 0.25) is 0 Å². The van der Waals surface area contributed by atoms with Crippen LogP contribution in [0.1, 0.15) is 6.42 Å². The van der Waals surface area contributed by atoms with E-state index in [1.807, 2.05) is 18.2 Å². The fourth-order valence-corrected chi connectivity index (χ4v) is 0.689. The highest BCUT2D eigenvalue weighted by molar-refractivity contribution is 5.32. The van der Waals surface area contributed by atoms with E-state index in [4.69, 9.17) is 5.73 Å². The quantitative estimate of drug-likeness (QED) is 0.496. The largest absolute Gasteiger partial charge is 0.399 e. The molecule has 0 aromatic carbocycles. The minimum Gasteiger partial charge on any atom is -0.399 e. The van der Waals surface area contributed by atoms with Gasteiger partial charge >= 0.3 is 0 Å². The molecule has 0 aromatic rings. The van der Waals surface area contributed by atoms with Crippen LogP contribution in [0.15, 0.2) is 36.1 Å². The van der Waals surface area contributed by atoms with E-state index in [1.54, 1.807) is 0 Å². The second kappa shape index (κ2) is 1.86. The highest BCUT2D eigenvalue weighted by Crippen LogP contribution is 2.09. The lowest BCUT2D eigenvalue weighted by molar-refractivity contribution is 1.22. The summed E-state index contributed by atoms with van der Waals surface area (Å²) >= 11 is 0. The van der Waals surface area contributed by atoms with Gasteiger partial charge in [0.2, 0.25) is 0 Å². The van der Waals surface area contributed by atoms with Crippen LogP contribution in [-0.2, 0) is 0 Å². The van der Waals surface area contributed by atoms with E-state index in [9.17, 15) is 0 Å². The van der Waals surface area contributed by atoms with Gasteiger partial charge in [-0.2, -0.15) is 0 Å². The topological polar surface area (TPSA) is 26.0 Å². The van der Waals surface area contributed by atoms with Crippen molar-refractivity contribution in [3.8, 4) is 0 Å². The summed E-state index contributed by atoms with van der Waals surface area (Å²) in [6.45, 7) is 3.76. The second-order valence-electron chi connectivity index (χ2n) is 1.91. The van der Waals surface area contributed by atoms with E-state index in [1.165, 1.54) is 0 Å². The lowest BCUT2D eigenvalue weighted by Crippen LogP contribution is -1.96. The van der Waals surface area contributed by atoms with Crippen molar-refractivity contribution in [1.29, 1.82) is 0 Å². The van der Waals surface area contributed by atoms with Crippen molar-refractivity contribution in [2.75, 3.05) is 0 Å². The highest BCUT2D eigenvalue weighted by Gasteiger charge is 1.92. The van der Waals surface area contributed by atoms with E-state index < -0.39 is 0 Å². The average molecular weight is 107 g/mol. The summed E-state index contributed by atoms with van der Waals surface area (Å²) in [6, 6.07) is 0. The van der Waals surface area contributed by atoms with Crippen LogP contribution in [0, 0.1) is 0 Å². The zero-order valence-corrected chi connectivity index (χ0v) is 4.72. The van der Waals surface area contributed by atoms with Crippen molar-refractivity contribution >= 4 is 0 Å². The van der Waals surface area contributed by atoms with Crippen LogP contribution in [0.5, 0.6) is 0 Å². The molecule has 0 amide bonds. The summed E-state index contributed by atoms with van der Waals surface area (Å²) in [5.74, 6) is 0. The molecule has 1 rings (SSSR count). The Morgan fingerprint density at radius 2 is 2.38 bits per heavy atom. The molecule has 1 aliphatic carbocycles. The zero-order chi connectivity index (χ0) is 5.98. The fraction of sp³-hybridized carbons (Fsp3) is 0.143. The van der Waals surface area contributed by atoms with Crippen LogP contribution >= 0.6 is 0 Å². The molecule has 0 fully saturated rings. The Bertz CT molecular complexity index is 163. The number of allylic oxidation sites excluding steroid dienone is 4. The van der Waals surface area contributed by atoms with Crippen LogP contribution in [-0.4, -0.2) is 0 Å². The van der Waals surface area contributed by atoms with E-state index in [-0.39, 0.29) is 0 Å². The van der Waals surface area contributed by atoms with Gasteiger partial charge < -0.3 is 5.73 Å². The zero-order valence-electron chi connectivity index (χ0n) is 4.72. The van der Waals surface area contributed by atoms with Gasteiger partial charge in [0, 0.05) is 5.70 Å². The highest BCUT2D eigenvalue weighted by atomic mass is 14.6. The van der Waals surface area contributed by atoms with E-state index in [0.717, 1.165) is 17.7 Å². The molecule has 0 aromatic heterocycles. The molecule has 0 heterocycles. The molecule has 0 spiro atoms. The summed E-state index contributed by atoms with van der Waals surface area (Å²) in [6.07, 6.45) is 6.74. The number of hydrogen-bond donors (Lipinski definition) is 1.